The van der Waals surface area contributed by atoms with E-state index in [1.54, 1.807) is 42.2 Å². The summed E-state index contributed by atoms with van der Waals surface area (Å²) in [5, 5.41) is 4.84. The van der Waals surface area contributed by atoms with E-state index in [2.05, 4.69) is 83.4 Å². The third-order valence-corrected chi connectivity index (χ3v) is 8.47. The Morgan fingerprint density at radius 1 is 0.878 bits per heavy atom. The van der Waals surface area contributed by atoms with E-state index in [9.17, 15) is 4.79 Å². The molecule has 4 nitrogen and oxygen atoms in total. The highest BCUT2D eigenvalue weighted by atomic mass is 35.5. The first-order chi connectivity index (χ1) is 20.1. The van der Waals surface area contributed by atoms with Crippen LogP contribution in [0.2, 0.25) is 5.02 Å². The minimum atomic E-state index is -0.480. The number of halogens is 1. The van der Waals surface area contributed by atoms with Crippen LogP contribution in [0.25, 0.3) is 21.8 Å². The molecule has 0 unspecified atom stereocenters. The number of carbonyl (C=O) groups is 1. The summed E-state index contributed by atoms with van der Waals surface area (Å²) in [6, 6.07) is 38.1. The summed E-state index contributed by atoms with van der Waals surface area (Å²) in [4.78, 5) is 20.0. The number of hydrogen-bond donors (Lipinski definition) is 0. The molecule has 0 N–H and O–H groups in total. The second kappa shape index (κ2) is 12.0. The number of thioether (sulfide) groups is 1. The lowest BCUT2D eigenvalue weighted by atomic mass is 9.97. The molecular formula is C35H27ClN2O2S. The van der Waals surface area contributed by atoms with Gasteiger partial charge in [0.25, 0.3) is 0 Å². The minimum absolute atomic E-state index is 0.464. The van der Waals surface area contributed by atoms with Gasteiger partial charge in [-0.1, -0.05) is 94.7 Å². The fourth-order valence-electron chi connectivity index (χ4n) is 4.97. The molecule has 0 fully saturated rings. The molecule has 0 amide bonds. The van der Waals surface area contributed by atoms with Crippen molar-refractivity contribution in [2.24, 2.45) is 5.16 Å². The smallest absolute Gasteiger partial charge is 0.313 e. The van der Waals surface area contributed by atoms with E-state index >= 15 is 0 Å². The zero-order valence-corrected chi connectivity index (χ0v) is 24.0. The second-order valence-electron chi connectivity index (χ2n) is 9.82. The van der Waals surface area contributed by atoms with Crippen LogP contribution in [0.15, 0.2) is 131 Å². The van der Waals surface area contributed by atoms with Crippen LogP contribution in [0.4, 0.5) is 0 Å². The number of nitrogens with zero attached hydrogens (tertiary/aromatic N) is 2. The Morgan fingerprint density at radius 3 is 2.27 bits per heavy atom. The summed E-state index contributed by atoms with van der Waals surface area (Å²) in [6.07, 6.45) is 3.25. The van der Waals surface area contributed by atoms with Crippen molar-refractivity contribution in [1.82, 2.24) is 4.57 Å². The van der Waals surface area contributed by atoms with Gasteiger partial charge in [0.2, 0.25) is 0 Å². The molecule has 1 heterocycles. The lowest BCUT2D eigenvalue weighted by Crippen LogP contribution is -2.09. The quantitative estimate of drug-likeness (QED) is 0.110. The molecule has 0 aliphatic heterocycles. The zero-order chi connectivity index (χ0) is 28.2. The maximum absolute atomic E-state index is 12.5. The Hall–Kier alpha value is -4.32. The monoisotopic (exact) mass is 574 g/mol. The molecule has 1 aliphatic carbocycles. The minimum Gasteiger partial charge on any atom is -0.313 e. The third-order valence-electron chi connectivity index (χ3n) is 7.02. The van der Waals surface area contributed by atoms with Crippen LogP contribution < -0.4 is 0 Å². The van der Waals surface area contributed by atoms with Gasteiger partial charge in [0.05, 0.1) is 17.5 Å². The number of allylic oxidation sites excluding steroid dienone is 1. The molecule has 0 atom stereocenters. The summed E-state index contributed by atoms with van der Waals surface area (Å²) in [5.74, 6) is -0.480. The molecule has 0 bridgehead atoms. The van der Waals surface area contributed by atoms with Crippen molar-refractivity contribution in [1.29, 1.82) is 0 Å². The number of oxime groups is 1. The molecule has 5 aromatic rings. The molecule has 0 spiro atoms. The highest BCUT2D eigenvalue weighted by Gasteiger charge is 2.26. The number of rotatable bonds is 7. The largest absolute Gasteiger partial charge is 0.365 e. The van der Waals surface area contributed by atoms with Crippen molar-refractivity contribution in [3.63, 3.8) is 0 Å². The van der Waals surface area contributed by atoms with Gasteiger partial charge in [0.15, 0.2) is 0 Å². The topological polar surface area (TPSA) is 43.6 Å². The SMILES string of the molecule is Cc1ccc(SC2=C(/C=N/OC(=O)c3ccccc3)CCc3c2cc(-c2ccccc2)n3-c2ccc(Cl)cc2)cc1. The van der Waals surface area contributed by atoms with Crippen LogP contribution in [-0.2, 0) is 11.3 Å². The van der Waals surface area contributed by atoms with Crippen molar-refractivity contribution in [2.45, 2.75) is 24.7 Å². The summed E-state index contributed by atoms with van der Waals surface area (Å²) in [6.45, 7) is 2.09. The first-order valence-electron chi connectivity index (χ1n) is 13.4. The Kier molecular flexibility index (Phi) is 7.90. The summed E-state index contributed by atoms with van der Waals surface area (Å²) < 4.78 is 2.33. The highest BCUT2D eigenvalue weighted by Crippen LogP contribution is 2.45. The van der Waals surface area contributed by atoms with Gasteiger partial charge in [0.1, 0.15) is 0 Å². The molecule has 1 aliphatic rings. The first-order valence-corrected chi connectivity index (χ1v) is 14.6. The van der Waals surface area contributed by atoms with Crippen LogP contribution in [0.1, 0.15) is 33.6 Å². The van der Waals surface area contributed by atoms with Gasteiger partial charge in [-0.2, -0.15) is 0 Å². The maximum atomic E-state index is 12.5. The number of fused-ring (bicyclic) bond motifs is 1. The van der Waals surface area contributed by atoms with Crippen molar-refractivity contribution < 1.29 is 9.63 Å². The van der Waals surface area contributed by atoms with Crippen molar-refractivity contribution in [3.05, 3.63) is 148 Å². The van der Waals surface area contributed by atoms with Gasteiger partial charge in [0, 0.05) is 31.8 Å². The van der Waals surface area contributed by atoms with E-state index in [1.807, 2.05) is 24.3 Å². The molecule has 0 radical (unpaired) electrons. The fourth-order valence-corrected chi connectivity index (χ4v) is 6.18. The van der Waals surface area contributed by atoms with Crippen molar-refractivity contribution in [3.8, 4) is 16.9 Å². The maximum Gasteiger partial charge on any atom is 0.365 e. The molecular weight excluding hydrogens is 548 g/mol. The number of benzene rings is 4. The second-order valence-corrected chi connectivity index (χ2v) is 11.3. The standard InChI is InChI=1S/C35H27ClN2O2S/c1-24-12-19-30(20-13-24)41-34-27(23-37-40-35(39)26-10-6-3-7-11-26)14-21-32-31(34)22-33(25-8-4-2-5-9-25)38(32)29-17-15-28(36)16-18-29/h2-13,15-20,22-23H,14,21H2,1H3/b37-23+. The average molecular weight is 575 g/mol. The molecule has 6 rings (SSSR count). The van der Waals surface area contributed by atoms with Crippen molar-refractivity contribution in [2.75, 3.05) is 0 Å². The number of carbonyl (C=O) groups excluding carboxylic acids is 1. The predicted octanol–water partition coefficient (Wildman–Crippen LogP) is 9.40. The third kappa shape index (κ3) is 5.92. The van der Waals surface area contributed by atoms with Crippen LogP contribution in [-0.4, -0.2) is 16.8 Å². The summed E-state index contributed by atoms with van der Waals surface area (Å²) in [7, 11) is 0. The molecule has 1 aromatic heterocycles. The fraction of sp³-hybridized carbons (Fsp3) is 0.0857. The number of aromatic nitrogens is 1. The summed E-state index contributed by atoms with van der Waals surface area (Å²) in [5.41, 5.74) is 8.36. The lowest BCUT2D eigenvalue weighted by Gasteiger charge is -2.21. The zero-order valence-electron chi connectivity index (χ0n) is 22.5. The van der Waals surface area contributed by atoms with Gasteiger partial charge >= 0.3 is 5.97 Å². The Bertz CT molecular complexity index is 1740. The molecule has 6 heteroatoms. The Morgan fingerprint density at radius 2 is 1.56 bits per heavy atom. The van der Waals surface area contributed by atoms with E-state index < -0.39 is 5.97 Å². The van der Waals surface area contributed by atoms with E-state index in [0.717, 1.165) is 50.7 Å². The van der Waals surface area contributed by atoms with E-state index in [0.29, 0.717) is 10.6 Å². The normalized spacial score (nSPS) is 12.9. The molecule has 4 aromatic carbocycles. The molecule has 0 saturated carbocycles. The van der Waals surface area contributed by atoms with E-state index in [4.69, 9.17) is 16.4 Å². The molecule has 0 saturated heterocycles. The Balaban J connectivity index is 1.46. The van der Waals surface area contributed by atoms with E-state index in [-0.39, 0.29) is 0 Å². The van der Waals surface area contributed by atoms with Gasteiger partial charge in [-0.15, -0.1) is 0 Å². The van der Waals surface area contributed by atoms with Crippen molar-refractivity contribution >= 4 is 40.5 Å². The predicted molar refractivity (Wildman–Crippen MR) is 169 cm³/mol. The molecule has 202 valence electrons. The van der Waals surface area contributed by atoms with Gasteiger partial charge in [-0.25, -0.2) is 4.79 Å². The number of aryl methyl sites for hydroxylation is 1. The number of hydrogen-bond acceptors (Lipinski definition) is 4. The highest BCUT2D eigenvalue weighted by molar-refractivity contribution is 8.08. The first kappa shape index (κ1) is 26.9. The van der Waals surface area contributed by atoms with Gasteiger partial charge in [-0.3, -0.25) is 0 Å². The van der Waals surface area contributed by atoms with E-state index in [1.165, 1.54) is 11.3 Å². The van der Waals surface area contributed by atoms with Crippen LogP contribution in [0.3, 0.4) is 0 Å². The van der Waals surface area contributed by atoms with Gasteiger partial charge < -0.3 is 9.40 Å². The van der Waals surface area contributed by atoms with Crippen LogP contribution >= 0.6 is 23.4 Å². The summed E-state index contributed by atoms with van der Waals surface area (Å²) >= 11 is 7.96. The van der Waals surface area contributed by atoms with Crippen LogP contribution in [0, 0.1) is 6.92 Å². The van der Waals surface area contributed by atoms with Crippen LogP contribution in [0.5, 0.6) is 0 Å². The molecule has 41 heavy (non-hydrogen) atoms. The lowest BCUT2D eigenvalue weighted by molar-refractivity contribution is 0.0519. The Labute approximate surface area is 248 Å². The van der Waals surface area contributed by atoms with Gasteiger partial charge in [-0.05, 0) is 85.5 Å². The average Bonchev–Trinajstić information content (AvgIpc) is 3.40.